The van der Waals surface area contributed by atoms with E-state index in [1.807, 2.05) is 19.1 Å². The van der Waals surface area contributed by atoms with Crippen molar-refractivity contribution in [2.75, 3.05) is 0 Å². The molecule has 1 aromatic carbocycles. The van der Waals surface area contributed by atoms with Crippen molar-refractivity contribution in [3.8, 4) is 5.75 Å². The topological polar surface area (TPSA) is 20.2 Å². The van der Waals surface area contributed by atoms with Crippen molar-refractivity contribution in [3.05, 3.63) is 29.8 Å². The number of benzene rings is 1. The Bertz CT molecular complexity index is 203. The highest BCUT2D eigenvalue weighted by Crippen LogP contribution is 2.14. The van der Waals surface area contributed by atoms with Crippen LogP contribution in [-0.4, -0.2) is 13.0 Å². The van der Waals surface area contributed by atoms with Crippen LogP contribution < -0.4 is 0 Å². The van der Waals surface area contributed by atoms with Crippen LogP contribution in [-0.2, 0) is 0 Å². The SMILES string of the molecule is [B]C(C)c1ccc(O)cc1. The molecule has 0 aliphatic heterocycles. The number of phenols is 1. The molecule has 1 rings (SSSR count). The average molecular weight is 132 g/mol. The number of hydrogen-bond acceptors (Lipinski definition) is 1. The summed E-state index contributed by atoms with van der Waals surface area (Å²) in [6.07, 6.45) is 0. The zero-order valence-electron chi connectivity index (χ0n) is 5.91. The molecule has 0 saturated carbocycles. The fourth-order valence-corrected chi connectivity index (χ4v) is 0.778. The number of phenolic OH excluding ortho intramolecular Hbond substituents is 1. The minimum atomic E-state index is 0.0422. The second-order valence-corrected chi connectivity index (χ2v) is 2.38. The van der Waals surface area contributed by atoms with Crippen LogP contribution in [0.4, 0.5) is 0 Å². The molecule has 1 atom stereocenters. The van der Waals surface area contributed by atoms with Crippen LogP contribution in [0.5, 0.6) is 5.75 Å². The third-order valence-electron chi connectivity index (χ3n) is 1.42. The minimum absolute atomic E-state index is 0.0422. The molecule has 0 aliphatic rings. The molecule has 0 heterocycles. The van der Waals surface area contributed by atoms with E-state index in [0.29, 0.717) is 0 Å². The zero-order valence-corrected chi connectivity index (χ0v) is 5.91. The lowest BCUT2D eigenvalue weighted by atomic mass is 9.83. The van der Waals surface area contributed by atoms with E-state index < -0.39 is 0 Å². The summed E-state index contributed by atoms with van der Waals surface area (Å²) in [5, 5.41) is 8.90. The van der Waals surface area contributed by atoms with E-state index in [1.54, 1.807) is 12.1 Å². The first kappa shape index (κ1) is 7.20. The lowest BCUT2D eigenvalue weighted by Crippen LogP contribution is -1.89. The molecular weight excluding hydrogens is 123 g/mol. The molecule has 1 N–H and O–H groups in total. The van der Waals surface area contributed by atoms with Crippen molar-refractivity contribution in [1.29, 1.82) is 0 Å². The van der Waals surface area contributed by atoms with Gasteiger partial charge in [-0.1, -0.05) is 30.4 Å². The van der Waals surface area contributed by atoms with Crippen LogP contribution in [0.15, 0.2) is 24.3 Å². The van der Waals surface area contributed by atoms with Crippen molar-refractivity contribution in [1.82, 2.24) is 0 Å². The van der Waals surface area contributed by atoms with Crippen molar-refractivity contribution < 1.29 is 5.11 Å². The summed E-state index contributed by atoms with van der Waals surface area (Å²) in [6, 6.07) is 6.91. The Morgan fingerprint density at radius 1 is 1.30 bits per heavy atom. The Labute approximate surface area is 62.1 Å². The zero-order chi connectivity index (χ0) is 7.56. The van der Waals surface area contributed by atoms with Crippen molar-refractivity contribution in [2.45, 2.75) is 12.7 Å². The second kappa shape index (κ2) is 2.78. The van der Waals surface area contributed by atoms with Gasteiger partial charge in [-0.25, -0.2) is 0 Å². The van der Waals surface area contributed by atoms with E-state index >= 15 is 0 Å². The highest BCUT2D eigenvalue weighted by atomic mass is 16.3. The molecule has 1 nitrogen and oxygen atoms in total. The van der Waals surface area contributed by atoms with Gasteiger partial charge in [-0.2, -0.15) is 0 Å². The summed E-state index contributed by atoms with van der Waals surface area (Å²) in [6.45, 7) is 1.91. The smallest absolute Gasteiger partial charge is 0.115 e. The maximum absolute atomic E-state index is 8.90. The molecule has 0 saturated heterocycles. The molecule has 1 aromatic rings. The third-order valence-corrected chi connectivity index (χ3v) is 1.42. The Kier molecular flexibility index (Phi) is 2.00. The first-order valence-corrected chi connectivity index (χ1v) is 3.24. The van der Waals surface area contributed by atoms with Crippen molar-refractivity contribution >= 4 is 7.85 Å². The van der Waals surface area contributed by atoms with E-state index in [4.69, 9.17) is 13.0 Å². The highest BCUT2D eigenvalue weighted by molar-refractivity contribution is 6.12. The molecule has 1 unspecified atom stereocenters. The quantitative estimate of drug-likeness (QED) is 0.575. The summed E-state index contributed by atoms with van der Waals surface area (Å²) in [5.41, 5.74) is 1.04. The Hall–Kier alpha value is -0.915. The van der Waals surface area contributed by atoms with Gasteiger partial charge < -0.3 is 5.11 Å². The predicted molar refractivity (Wildman–Crippen MR) is 42.3 cm³/mol. The molecule has 2 heteroatoms. The predicted octanol–water partition coefficient (Wildman–Crippen LogP) is 1.62. The van der Waals surface area contributed by atoms with E-state index in [1.165, 1.54) is 0 Å². The average Bonchev–Trinajstić information content (AvgIpc) is 1.88. The second-order valence-electron chi connectivity index (χ2n) is 2.38. The van der Waals surface area contributed by atoms with Gasteiger partial charge in [-0.3, -0.25) is 0 Å². The van der Waals surface area contributed by atoms with E-state index in [2.05, 4.69) is 0 Å². The van der Waals surface area contributed by atoms with Gasteiger partial charge in [0, 0.05) is 0 Å². The van der Waals surface area contributed by atoms with Gasteiger partial charge in [0.05, 0.1) is 7.85 Å². The summed E-state index contributed by atoms with van der Waals surface area (Å²) in [7, 11) is 5.58. The van der Waals surface area contributed by atoms with Gasteiger partial charge in [0.25, 0.3) is 0 Å². The number of rotatable bonds is 1. The third kappa shape index (κ3) is 1.53. The van der Waals surface area contributed by atoms with Crippen LogP contribution in [0.25, 0.3) is 0 Å². The van der Waals surface area contributed by atoms with Gasteiger partial charge >= 0.3 is 0 Å². The maximum atomic E-state index is 8.90. The van der Waals surface area contributed by atoms with Gasteiger partial charge in [-0.05, 0) is 12.1 Å². The Balaban J connectivity index is 2.89. The monoisotopic (exact) mass is 132 g/mol. The van der Waals surface area contributed by atoms with Crippen LogP contribution >= 0.6 is 0 Å². The molecule has 2 radical (unpaired) electrons. The fraction of sp³-hybridized carbons (Fsp3) is 0.250. The van der Waals surface area contributed by atoms with Crippen molar-refractivity contribution in [3.63, 3.8) is 0 Å². The molecule has 50 valence electrons. The standard InChI is InChI=1S/C8H9BO/c1-6(9)7-2-4-8(10)5-3-7/h2-6,10H,1H3. The van der Waals surface area contributed by atoms with Gasteiger partial charge in [0.2, 0.25) is 0 Å². The van der Waals surface area contributed by atoms with Crippen LogP contribution in [0.1, 0.15) is 18.3 Å². The van der Waals surface area contributed by atoms with Crippen molar-refractivity contribution in [2.24, 2.45) is 0 Å². The summed E-state index contributed by atoms with van der Waals surface area (Å²) in [4.78, 5) is 0. The number of aromatic hydroxyl groups is 1. The highest BCUT2D eigenvalue weighted by Gasteiger charge is 1.96. The summed E-state index contributed by atoms with van der Waals surface area (Å²) < 4.78 is 0. The number of hydrogen-bond donors (Lipinski definition) is 1. The largest absolute Gasteiger partial charge is 0.508 e. The van der Waals surface area contributed by atoms with Gasteiger partial charge in [0.1, 0.15) is 5.75 Å². The lowest BCUT2D eigenvalue weighted by Gasteiger charge is -2.03. The van der Waals surface area contributed by atoms with Crippen LogP contribution in [0.3, 0.4) is 0 Å². The fourth-order valence-electron chi connectivity index (χ4n) is 0.778. The van der Waals surface area contributed by atoms with E-state index in [-0.39, 0.29) is 11.6 Å². The molecule has 0 aliphatic carbocycles. The molecule has 0 fully saturated rings. The van der Waals surface area contributed by atoms with Crippen LogP contribution in [0.2, 0.25) is 0 Å². The van der Waals surface area contributed by atoms with E-state index in [9.17, 15) is 0 Å². The molecule has 10 heavy (non-hydrogen) atoms. The molecule has 0 aromatic heterocycles. The molecular formula is C8H9BO. The molecule has 0 bridgehead atoms. The first-order chi connectivity index (χ1) is 4.70. The summed E-state index contributed by atoms with van der Waals surface area (Å²) >= 11 is 0. The first-order valence-electron chi connectivity index (χ1n) is 3.24. The lowest BCUT2D eigenvalue weighted by molar-refractivity contribution is 0.475. The minimum Gasteiger partial charge on any atom is -0.508 e. The molecule has 0 amide bonds. The van der Waals surface area contributed by atoms with Gasteiger partial charge in [-0.15, -0.1) is 0 Å². The Morgan fingerprint density at radius 3 is 2.20 bits per heavy atom. The van der Waals surface area contributed by atoms with E-state index in [0.717, 1.165) is 5.56 Å². The summed E-state index contributed by atoms with van der Waals surface area (Å²) in [5.74, 6) is 0.324. The maximum Gasteiger partial charge on any atom is 0.115 e. The normalized spacial score (nSPS) is 12.9. The Morgan fingerprint density at radius 2 is 1.80 bits per heavy atom. The van der Waals surface area contributed by atoms with Gasteiger partial charge in [0.15, 0.2) is 0 Å². The van der Waals surface area contributed by atoms with Crippen LogP contribution in [0, 0.1) is 0 Å². The molecule has 0 spiro atoms.